The predicted octanol–water partition coefficient (Wildman–Crippen LogP) is -0.327. The van der Waals surface area contributed by atoms with Gasteiger partial charge in [-0.15, -0.1) is 0 Å². The maximum atomic E-state index is 10.8. The Balaban J connectivity index is 2.39. The molecule has 1 saturated heterocycles. The summed E-state index contributed by atoms with van der Waals surface area (Å²) in [4.78, 5) is 13.0. The third-order valence-corrected chi connectivity index (χ3v) is 2.77. The van der Waals surface area contributed by atoms with Crippen molar-refractivity contribution in [3.8, 4) is 0 Å². The van der Waals surface area contributed by atoms with Gasteiger partial charge < -0.3 is 11.5 Å². The van der Waals surface area contributed by atoms with Gasteiger partial charge in [-0.25, -0.2) is 0 Å². The quantitative estimate of drug-likeness (QED) is 0.630. The number of hydrogen-bond donors (Lipinski definition) is 2. The van der Waals surface area contributed by atoms with Crippen LogP contribution in [-0.4, -0.2) is 36.0 Å². The third-order valence-electron chi connectivity index (χ3n) is 2.77. The van der Waals surface area contributed by atoms with Gasteiger partial charge in [0.2, 0.25) is 5.91 Å². The third kappa shape index (κ3) is 2.67. The molecule has 1 rings (SSSR count). The number of nitrogens with two attached hydrogens (primary N) is 2. The van der Waals surface area contributed by atoms with E-state index in [0.29, 0.717) is 12.6 Å². The van der Waals surface area contributed by atoms with Crippen LogP contribution in [0.5, 0.6) is 0 Å². The fourth-order valence-corrected chi connectivity index (χ4v) is 1.94. The number of nitrogens with zero attached hydrogens (tertiary/aromatic N) is 1. The first-order valence-corrected chi connectivity index (χ1v) is 4.94. The number of amides is 1. The van der Waals surface area contributed by atoms with Crippen LogP contribution in [0.4, 0.5) is 0 Å². The molecule has 0 bridgehead atoms. The molecule has 2 unspecified atom stereocenters. The maximum absolute atomic E-state index is 10.8. The van der Waals surface area contributed by atoms with E-state index in [2.05, 4.69) is 11.8 Å². The maximum Gasteiger partial charge on any atom is 0.235 e. The molecule has 1 aliphatic heterocycles. The molecule has 1 fully saturated rings. The smallest absolute Gasteiger partial charge is 0.235 e. The lowest BCUT2D eigenvalue weighted by Crippen LogP contribution is -2.47. The first-order valence-electron chi connectivity index (χ1n) is 4.94. The van der Waals surface area contributed by atoms with Gasteiger partial charge in [0.05, 0.1) is 6.04 Å². The first kappa shape index (κ1) is 10.5. The Hall–Kier alpha value is -0.610. The van der Waals surface area contributed by atoms with Crippen molar-refractivity contribution in [3.63, 3.8) is 0 Å². The van der Waals surface area contributed by atoms with Crippen LogP contribution in [0.25, 0.3) is 0 Å². The van der Waals surface area contributed by atoms with Crippen LogP contribution in [0.15, 0.2) is 0 Å². The largest absolute Gasteiger partial charge is 0.368 e. The summed E-state index contributed by atoms with van der Waals surface area (Å²) in [5.41, 5.74) is 10.7. The second kappa shape index (κ2) is 4.58. The summed E-state index contributed by atoms with van der Waals surface area (Å²) < 4.78 is 0. The normalized spacial score (nSPS) is 26.2. The van der Waals surface area contributed by atoms with Crippen LogP contribution in [0.2, 0.25) is 0 Å². The second-order valence-electron chi connectivity index (χ2n) is 3.71. The van der Waals surface area contributed by atoms with Crippen LogP contribution in [0, 0.1) is 0 Å². The van der Waals surface area contributed by atoms with Crippen molar-refractivity contribution < 1.29 is 4.79 Å². The van der Waals surface area contributed by atoms with E-state index in [1.807, 2.05) is 0 Å². The standard InChI is InChI=1S/C9H19N3O/c1-2-7-4-3-5-12(7)6-8(10)9(11)13/h7-8H,2-6,10H2,1H3,(H2,11,13). The highest BCUT2D eigenvalue weighted by Crippen LogP contribution is 2.19. The highest BCUT2D eigenvalue weighted by Gasteiger charge is 2.25. The number of primary amides is 1. The summed E-state index contributed by atoms with van der Waals surface area (Å²) in [5, 5.41) is 0. The Kier molecular flexibility index (Phi) is 3.69. The van der Waals surface area contributed by atoms with E-state index in [4.69, 9.17) is 11.5 Å². The first-order chi connectivity index (χ1) is 6.15. The minimum atomic E-state index is -0.507. The van der Waals surface area contributed by atoms with Gasteiger partial charge in [-0.05, 0) is 25.8 Å². The fraction of sp³-hybridized carbons (Fsp3) is 0.889. The molecule has 0 aliphatic carbocycles. The molecule has 76 valence electrons. The van der Waals surface area contributed by atoms with Gasteiger partial charge >= 0.3 is 0 Å². The molecule has 4 heteroatoms. The molecule has 0 aromatic heterocycles. The van der Waals surface area contributed by atoms with E-state index in [9.17, 15) is 4.79 Å². The Labute approximate surface area is 79.3 Å². The van der Waals surface area contributed by atoms with Crippen LogP contribution in [-0.2, 0) is 4.79 Å². The van der Waals surface area contributed by atoms with E-state index in [-0.39, 0.29) is 0 Å². The molecular weight excluding hydrogens is 166 g/mol. The van der Waals surface area contributed by atoms with Gasteiger partial charge in [-0.1, -0.05) is 6.92 Å². The molecule has 4 nitrogen and oxygen atoms in total. The molecule has 0 aromatic carbocycles. The zero-order valence-electron chi connectivity index (χ0n) is 8.20. The van der Waals surface area contributed by atoms with E-state index < -0.39 is 11.9 Å². The van der Waals surface area contributed by atoms with Crippen molar-refractivity contribution >= 4 is 5.91 Å². The minimum Gasteiger partial charge on any atom is -0.368 e. The zero-order valence-corrected chi connectivity index (χ0v) is 8.20. The molecule has 13 heavy (non-hydrogen) atoms. The fourth-order valence-electron chi connectivity index (χ4n) is 1.94. The summed E-state index contributed by atoms with van der Waals surface area (Å²) >= 11 is 0. The van der Waals surface area contributed by atoms with Crippen LogP contribution in [0.3, 0.4) is 0 Å². The molecule has 1 amide bonds. The summed E-state index contributed by atoms with van der Waals surface area (Å²) in [6, 6.07) is 0.0950. The summed E-state index contributed by atoms with van der Waals surface area (Å²) in [5.74, 6) is -0.401. The van der Waals surface area contributed by atoms with Gasteiger partial charge in [-0.2, -0.15) is 0 Å². The molecule has 0 spiro atoms. The molecule has 0 radical (unpaired) electrons. The van der Waals surface area contributed by atoms with Gasteiger partial charge in [0.25, 0.3) is 0 Å². The lowest BCUT2D eigenvalue weighted by atomic mass is 10.1. The van der Waals surface area contributed by atoms with Crippen LogP contribution < -0.4 is 11.5 Å². The van der Waals surface area contributed by atoms with Crippen molar-refractivity contribution in [2.45, 2.75) is 38.3 Å². The summed E-state index contributed by atoms with van der Waals surface area (Å²) in [6.45, 7) is 3.84. The lowest BCUT2D eigenvalue weighted by Gasteiger charge is -2.25. The number of hydrogen-bond acceptors (Lipinski definition) is 3. The molecule has 0 aromatic rings. The van der Waals surface area contributed by atoms with Gasteiger partial charge in [-0.3, -0.25) is 9.69 Å². The minimum absolute atomic E-state index is 0.401. The second-order valence-corrected chi connectivity index (χ2v) is 3.71. The summed E-state index contributed by atoms with van der Waals surface area (Å²) in [7, 11) is 0. The van der Waals surface area contributed by atoms with Gasteiger partial charge in [0.1, 0.15) is 0 Å². The number of likely N-dealkylation sites (tertiary alicyclic amines) is 1. The Morgan fingerprint density at radius 1 is 1.69 bits per heavy atom. The predicted molar refractivity (Wildman–Crippen MR) is 52.1 cm³/mol. The van der Waals surface area contributed by atoms with E-state index in [1.54, 1.807) is 0 Å². The number of rotatable bonds is 4. The highest BCUT2D eigenvalue weighted by molar-refractivity contribution is 5.79. The monoisotopic (exact) mass is 185 g/mol. The van der Waals surface area contributed by atoms with Crippen molar-refractivity contribution in [1.82, 2.24) is 4.90 Å². The average molecular weight is 185 g/mol. The molecule has 1 aliphatic rings. The number of carbonyl (C=O) groups excluding carboxylic acids is 1. The lowest BCUT2D eigenvalue weighted by molar-refractivity contribution is -0.119. The van der Waals surface area contributed by atoms with E-state index >= 15 is 0 Å². The zero-order chi connectivity index (χ0) is 9.84. The SMILES string of the molecule is CCC1CCCN1CC(N)C(N)=O. The van der Waals surface area contributed by atoms with Gasteiger partial charge in [0, 0.05) is 12.6 Å². The molecule has 0 saturated carbocycles. The van der Waals surface area contributed by atoms with Crippen molar-refractivity contribution in [2.24, 2.45) is 11.5 Å². The highest BCUT2D eigenvalue weighted by atomic mass is 16.1. The molecule has 4 N–H and O–H groups in total. The van der Waals surface area contributed by atoms with E-state index in [0.717, 1.165) is 13.0 Å². The topological polar surface area (TPSA) is 72.3 Å². The van der Waals surface area contributed by atoms with Crippen molar-refractivity contribution in [1.29, 1.82) is 0 Å². The van der Waals surface area contributed by atoms with Gasteiger partial charge in [0.15, 0.2) is 0 Å². The Bertz CT molecular complexity index is 184. The Morgan fingerprint density at radius 3 is 2.92 bits per heavy atom. The number of carbonyl (C=O) groups is 1. The molecule has 2 atom stereocenters. The summed E-state index contributed by atoms with van der Waals surface area (Å²) in [6.07, 6.45) is 3.57. The molecule has 1 heterocycles. The van der Waals surface area contributed by atoms with Crippen LogP contribution >= 0.6 is 0 Å². The van der Waals surface area contributed by atoms with Crippen molar-refractivity contribution in [3.05, 3.63) is 0 Å². The Morgan fingerprint density at radius 2 is 2.38 bits per heavy atom. The van der Waals surface area contributed by atoms with Crippen molar-refractivity contribution in [2.75, 3.05) is 13.1 Å². The average Bonchev–Trinajstić information content (AvgIpc) is 2.51. The van der Waals surface area contributed by atoms with Crippen LogP contribution in [0.1, 0.15) is 26.2 Å². The van der Waals surface area contributed by atoms with E-state index in [1.165, 1.54) is 12.8 Å². The molecular formula is C9H19N3O.